The van der Waals surface area contributed by atoms with Gasteiger partial charge in [0.2, 0.25) is 11.8 Å². The highest BCUT2D eigenvalue weighted by Crippen LogP contribution is 2.37. The van der Waals surface area contributed by atoms with Gasteiger partial charge in [-0.15, -0.1) is 0 Å². The fourth-order valence-electron chi connectivity index (χ4n) is 5.94. The molecule has 2 fully saturated rings. The zero-order chi connectivity index (χ0) is 32.3. The summed E-state index contributed by atoms with van der Waals surface area (Å²) >= 11 is 12.6. The molecule has 13 heteroatoms. The summed E-state index contributed by atoms with van der Waals surface area (Å²) in [4.78, 5) is 34.5. The number of nitrogens with two attached hydrogens (primary N) is 2. The van der Waals surface area contributed by atoms with Gasteiger partial charge in [0.25, 0.3) is 0 Å². The number of piperazine rings is 2. The molecule has 2 amide bonds. The molecule has 44 heavy (non-hydrogen) atoms. The standard InChI is InChI=1S/C31H41Cl2F3N6O2/c1-19(2)14-26(38)24-16-22(31(34,35)36)5-7-27(24)39-8-10-40(11-9-39)30(44)28(15-21-4-6-23(32)17-25(21)33)42-13-12-41(20(3)37)18-29(42)43/h4-7,16-17,19-20,26,28H,8-15,18,37-38H2,1-3H3. The van der Waals surface area contributed by atoms with Gasteiger partial charge in [-0.3, -0.25) is 14.5 Å². The minimum Gasteiger partial charge on any atom is -0.368 e. The number of benzene rings is 2. The summed E-state index contributed by atoms with van der Waals surface area (Å²) in [5.41, 5.74) is 13.5. The van der Waals surface area contributed by atoms with E-state index in [2.05, 4.69) is 0 Å². The molecule has 0 bridgehead atoms. The molecular formula is C31H41Cl2F3N6O2. The SMILES string of the molecule is CC(C)CC(N)c1cc(C(F)(F)F)ccc1N1CCN(C(=O)C(Cc2ccc(Cl)cc2Cl)N2CCN(C(C)N)CC2=O)CC1. The summed E-state index contributed by atoms with van der Waals surface area (Å²) in [6.45, 7) is 8.22. The van der Waals surface area contributed by atoms with Crippen molar-refractivity contribution in [2.45, 2.75) is 58.0 Å². The number of anilines is 1. The summed E-state index contributed by atoms with van der Waals surface area (Å²) < 4.78 is 40.7. The number of halogens is 5. The van der Waals surface area contributed by atoms with E-state index >= 15 is 0 Å². The average Bonchev–Trinajstić information content (AvgIpc) is 2.95. The van der Waals surface area contributed by atoms with Crippen LogP contribution < -0.4 is 16.4 Å². The Balaban J connectivity index is 1.55. The summed E-state index contributed by atoms with van der Waals surface area (Å²) in [5, 5.41) is 0.879. The molecule has 2 aliphatic heterocycles. The summed E-state index contributed by atoms with van der Waals surface area (Å²) in [6, 6.07) is 7.43. The van der Waals surface area contributed by atoms with Gasteiger partial charge in [0.15, 0.2) is 0 Å². The van der Waals surface area contributed by atoms with Gasteiger partial charge in [0, 0.05) is 67.5 Å². The lowest BCUT2D eigenvalue weighted by Gasteiger charge is -2.43. The van der Waals surface area contributed by atoms with Crippen LogP contribution in [0.4, 0.5) is 18.9 Å². The first-order valence-corrected chi connectivity index (χ1v) is 15.6. The topological polar surface area (TPSA) is 99.1 Å². The maximum absolute atomic E-state index is 14.1. The van der Waals surface area contributed by atoms with E-state index in [9.17, 15) is 22.8 Å². The van der Waals surface area contributed by atoms with Crippen molar-refractivity contribution >= 4 is 40.7 Å². The van der Waals surface area contributed by atoms with Gasteiger partial charge < -0.3 is 26.2 Å². The van der Waals surface area contributed by atoms with Crippen LogP contribution >= 0.6 is 23.2 Å². The largest absolute Gasteiger partial charge is 0.416 e. The van der Waals surface area contributed by atoms with E-state index in [0.717, 1.165) is 12.1 Å². The molecule has 3 unspecified atom stereocenters. The van der Waals surface area contributed by atoms with Crippen LogP contribution in [0.3, 0.4) is 0 Å². The molecule has 2 aromatic carbocycles. The highest BCUT2D eigenvalue weighted by atomic mass is 35.5. The van der Waals surface area contributed by atoms with Crippen molar-refractivity contribution in [2.24, 2.45) is 17.4 Å². The van der Waals surface area contributed by atoms with Gasteiger partial charge in [-0.1, -0.05) is 43.1 Å². The van der Waals surface area contributed by atoms with E-state index in [1.54, 1.807) is 28.0 Å². The molecule has 2 aromatic rings. The van der Waals surface area contributed by atoms with Crippen molar-refractivity contribution in [3.8, 4) is 0 Å². The quantitative estimate of drug-likeness (QED) is 0.404. The van der Waals surface area contributed by atoms with Crippen LogP contribution in [-0.4, -0.2) is 84.5 Å². The normalized spacial score (nSPS) is 19.0. The van der Waals surface area contributed by atoms with Crippen LogP contribution in [0.15, 0.2) is 36.4 Å². The van der Waals surface area contributed by atoms with Crippen molar-refractivity contribution in [3.63, 3.8) is 0 Å². The summed E-state index contributed by atoms with van der Waals surface area (Å²) in [5.74, 6) is -0.197. The lowest BCUT2D eigenvalue weighted by atomic mass is 9.94. The van der Waals surface area contributed by atoms with Crippen LogP contribution in [-0.2, 0) is 22.2 Å². The van der Waals surface area contributed by atoms with E-state index in [4.69, 9.17) is 34.7 Å². The molecule has 2 aliphatic rings. The van der Waals surface area contributed by atoms with Crippen LogP contribution in [0, 0.1) is 5.92 Å². The number of carbonyl (C=O) groups is 2. The number of hydrogen-bond acceptors (Lipinski definition) is 6. The van der Waals surface area contributed by atoms with Gasteiger partial charge in [0.1, 0.15) is 6.04 Å². The smallest absolute Gasteiger partial charge is 0.368 e. The van der Waals surface area contributed by atoms with Gasteiger partial charge >= 0.3 is 6.18 Å². The molecule has 3 atom stereocenters. The minimum atomic E-state index is -4.48. The summed E-state index contributed by atoms with van der Waals surface area (Å²) in [7, 11) is 0. The van der Waals surface area contributed by atoms with Crippen molar-refractivity contribution in [1.82, 2.24) is 14.7 Å². The van der Waals surface area contributed by atoms with E-state index in [-0.39, 0.29) is 36.9 Å². The van der Waals surface area contributed by atoms with Crippen LogP contribution in [0.25, 0.3) is 0 Å². The van der Waals surface area contributed by atoms with Gasteiger partial charge in [-0.05, 0) is 60.7 Å². The van der Waals surface area contributed by atoms with E-state index in [1.807, 2.05) is 30.6 Å². The second-order valence-electron chi connectivity index (χ2n) is 12.1. The lowest BCUT2D eigenvalue weighted by molar-refractivity contribution is -0.150. The zero-order valence-corrected chi connectivity index (χ0v) is 26.8. The Morgan fingerprint density at radius 2 is 1.64 bits per heavy atom. The average molecular weight is 658 g/mol. The molecule has 0 aliphatic carbocycles. The first-order valence-electron chi connectivity index (χ1n) is 14.9. The first kappa shape index (κ1) is 34.3. The van der Waals surface area contributed by atoms with Crippen LogP contribution in [0.1, 0.15) is 49.9 Å². The van der Waals surface area contributed by atoms with E-state index in [0.29, 0.717) is 72.5 Å². The predicted molar refractivity (Wildman–Crippen MR) is 168 cm³/mol. The Hall–Kier alpha value is -2.57. The molecule has 0 spiro atoms. The van der Waals surface area contributed by atoms with Crippen LogP contribution in [0.2, 0.25) is 10.0 Å². The van der Waals surface area contributed by atoms with Crippen molar-refractivity contribution < 1.29 is 22.8 Å². The molecule has 2 saturated heterocycles. The fourth-order valence-corrected chi connectivity index (χ4v) is 6.42. The van der Waals surface area contributed by atoms with Gasteiger partial charge in [-0.25, -0.2) is 0 Å². The highest BCUT2D eigenvalue weighted by Gasteiger charge is 2.38. The Labute approximate surface area is 267 Å². The lowest BCUT2D eigenvalue weighted by Crippen LogP contribution is -2.62. The number of hydrogen-bond donors (Lipinski definition) is 2. The number of nitrogens with zero attached hydrogens (tertiary/aromatic N) is 4. The first-order chi connectivity index (χ1) is 20.6. The summed E-state index contributed by atoms with van der Waals surface area (Å²) in [6.07, 6.45) is -4.03. The maximum atomic E-state index is 14.1. The third-order valence-corrected chi connectivity index (χ3v) is 8.95. The molecule has 4 rings (SSSR count). The predicted octanol–water partition coefficient (Wildman–Crippen LogP) is 4.77. The Kier molecular flexibility index (Phi) is 11.1. The minimum absolute atomic E-state index is 0.108. The Morgan fingerprint density at radius 3 is 2.20 bits per heavy atom. The molecule has 0 radical (unpaired) electrons. The fraction of sp³-hybridized carbons (Fsp3) is 0.548. The second kappa shape index (κ2) is 14.2. The van der Waals surface area contributed by atoms with Crippen LogP contribution in [0.5, 0.6) is 0 Å². The Bertz CT molecular complexity index is 1330. The number of rotatable bonds is 9. The maximum Gasteiger partial charge on any atom is 0.416 e. The molecule has 8 nitrogen and oxygen atoms in total. The zero-order valence-electron chi connectivity index (χ0n) is 25.3. The monoisotopic (exact) mass is 656 g/mol. The number of amides is 2. The molecule has 2 heterocycles. The highest BCUT2D eigenvalue weighted by molar-refractivity contribution is 6.35. The van der Waals surface area contributed by atoms with E-state index in [1.165, 1.54) is 6.07 Å². The third-order valence-electron chi connectivity index (χ3n) is 8.36. The van der Waals surface area contributed by atoms with Crippen molar-refractivity contribution in [3.05, 3.63) is 63.1 Å². The number of alkyl halides is 3. The molecule has 0 aromatic heterocycles. The third kappa shape index (κ3) is 8.17. The molecule has 0 saturated carbocycles. The number of carbonyl (C=O) groups excluding carboxylic acids is 2. The van der Waals surface area contributed by atoms with Crippen molar-refractivity contribution in [1.29, 1.82) is 0 Å². The second-order valence-corrected chi connectivity index (χ2v) is 12.9. The molecule has 242 valence electrons. The van der Waals surface area contributed by atoms with Gasteiger partial charge in [-0.2, -0.15) is 13.2 Å². The Morgan fingerprint density at radius 1 is 0.955 bits per heavy atom. The molecule has 4 N–H and O–H groups in total. The van der Waals surface area contributed by atoms with E-state index < -0.39 is 23.8 Å². The van der Waals surface area contributed by atoms with Gasteiger partial charge in [0.05, 0.1) is 18.3 Å². The van der Waals surface area contributed by atoms with Crippen molar-refractivity contribution in [2.75, 3.05) is 50.7 Å². The molecular weight excluding hydrogens is 616 g/mol.